The van der Waals surface area contributed by atoms with E-state index in [9.17, 15) is 9.90 Å². The van der Waals surface area contributed by atoms with E-state index in [1.165, 1.54) is 12.1 Å². The Morgan fingerprint density at radius 2 is 1.88 bits per heavy atom. The Morgan fingerprint density at radius 1 is 1.09 bits per heavy atom. The summed E-state index contributed by atoms with van der Waals surface area (Å²) >= 11 is 6.01. The number of aromatic nitrogens is 2. The molecule has 0 spiro atoms. The Labute approximate surface area is 201 Å². The van der Waals surface area contributed by atoms with E-state index in [4.69, 9.17) is 26.1 Å². The summed E-state index contributed by atoms with van der Waals surface area (Å²) in [7, 11) is 0. The third kappa shape index (κ3) is 4.53. The molecule has 7 nitrogen and oxygen atoms in total. The highest BCUT2D eigenvalue weighted by Gasteiger charge is 2.28. The van der Waals surface area contributed by atoms with Crippen molar-refractivity contribution in [2.45, 2.75) is 25.4 Å². The van der Waals surface area contributed by atoms with Crippen LogP contribution in [0.25, 0.3) is 22.7 Å². The van der Waals surface area contributed by atoms with Gasteiger partial charge in [-0.3, -0.25) is 4.90 Å². The normalized spacial score (nSPS) is 16.1. The van der Waals surface area contributed by atoms with Gasteiger partial charge in [0.2, 0.25) is 0 Å². The van der Waals surface area contributed by atoms with E-state index in [0.29, 0.717) is 28.7 Å². The fourth-order valence-electron chi connectivity index (χ4n) is 4.33. The van der Waals surface area contributed by atoms with Crippen molar-refractivity contribution in [1.29, 1.82) is 0 Å². The number of phenols is 1. The molecular weight excluding hydrogens is 454 g/mol. The predicted molar refractivity (Wildman–Crippen MR) is 128 cm³/mol. The van der Waals surface area contributed by atoms with Crippen molar-refractivity contribution >= 4 is 17.6 Å². The first-order valence-electron chi connectivity index (χ1n) is 11.0. The van der Waals surface area contributed by atoms with Gasteiger partial charge in [0.15, 0.2) is 5.82 Å². The van der Waals surface area contributed by atoms with Crippen molar-refractivity contribution < 1.29 is 19.4 Å². The van der Waals surface area contributed by atoms with Crippen LogP contribution in [0.4, 0.5) is 0 Å². The minimum Gasteiger partial charge on any atom is -0.507 e. The third-order valence-corrected chi connectivity index (χ3v) is 6.27. The van der Waals surface area contributed by atoms with E-state index in [2.05, 4.69) is 9.88 Å². The van der Waals surface area contributed by atoms with Crippen LogP contribution < -0.4 is 0 Å². The second-order valence-electron chi connectivity index (χ2n) is 8.24. The topological polar surface area (TPSA) is 99.7 Å². The summed E-state index contributed by atoms with van der Waals surface area (Å²) in [6.07, 6.45) is 3.85. The smallest absolute Gasteiger partial charge is 0.339 e. The van der Waals surface area contributed by atoms with Crippen molar-refractivity contribution in [1.82, 2.24) is 14.9 Å². The molecule has 0 radical (unpaired) electrons. The Bertz CT molecular complexity index is 1340. The van der Waals surface area contributed by atoms with Crippen LogP contribution in [-0.2, 0) is 6.54 Å². The molecule has 2 aromatic heterocycles. The molecule has 1 unspecified atom stereocenters. The highest BCUT2D eigenvalue weighted by Crippen LogP contribution is 2.34. The van der Waals surface area contributed by atoms with Gasteiger partial charge < -0.3 is 14.6 Å². The maximum Gasteiger partial charge on any atom is 0.339 e. The lowest BCUT2D eigenvalue weighted by molar-refractivity contribution is 0.0693. The van der Waals surface area contributed by atoms with Crippen molar-refractivity contribution in [3.8, 4) is 28.5 Å². The quantitative estimate of drug-likeness (QED) is 0.363. The van der Waals surface area contributed by atoms with Gasteiger partial charge in [-0.05, 0) is 74.0 Å². The molecule has 2 aromatic carbocycles. The Balaban J connectivity index is 1.34. The van der Waals surface area contributed by atoms with Crippen molar-refractivity contribution in [3.05, 3.63) is 88.9 Å². The molecule has 0 bridgehead atoms. The highest BCUT2D eigenvalue weighted by molar-refractivity contribution is 6.30. The van der Waals surface area contributed by atoms with Crippen LogP contribution in [0.15, 0.2) is 71.3 Å². The monoisotopic (exact) mass is 475 g/mol. The molecular formula is C26H22ClN3O4. The minimum atomic E-state index is -1.17. The molecule has 1 fully saturated rings. The van der Waals surface area contributed by atoms with Crippen LogP contribution in [0.5, 0.6) is 5.75 Å². The van der Waals surface area contributed by atoms with Crippen LogP contribution in [0.1, 0.15) is 40.7 Å². The molecule has 8 heteroatoms. The summed E-state index contributed by atoms with van der Waals surface area (Å²) in [5.74, 6) is 0.572. The summed E-state index contributed by atoms with van der Waals surface area (Å²) in [5, 5.41) is 19.8. The zero-order chi connectivity index (χ0) is 23.7. The number of hydrogen-bond acceptors (Lipinski definition) is 6. The minimum absolute atomic E-state index is 0.141. The Kier molecular flexibility index (Phi) is 6.04. The molecule has 1 atom stereocenters. The number of hydrogen-bond donors (Lipinski definition) is 2. The van der Waals surface area contributed by atoms with Crippen LogP contribution in [0.3, 0.4) is 0 Å². The molecule has 4 aromatic rings. The number of aromatic carboxylic acids is 1. The van der Waals surface area contributed by atoms with Gasteiger partial charge in [0.1, 0.15) is 22.8 Å². The van der Waals surface area contributed by atoms with Crippen molar-refractivity contribution in [3.63, 3.8) is 0 Å². The number of carbonyl (C=O) groups is 1. The number of aromatic hydroxyl groups is 1. The zero-order valence-corrected chi connectivity index (χ0v) is 18.9. The first-order valence-corrected chi connectivity index (χ1v) is 11.3. The van der Waals surface area contributed by atoms with Gasteiger partial charge in [0, 0.05) is 22.3 Å². The summed E-state index contributed by atoms with van der Waals surface area (Å²) in [5.41, 5.74) is 2.37. The Hall–Kier alpha value is -3.68. The molecule has 0 saturated carbocycles. The number of carboxylic acid groups (broad SMARTS) is 1. The number of nitrogens with zero attached hydrogens (tertiary/aromatic N) is 3. The van der Waals surface area contributed by atoms with E-state index in [0.717, 1.165) is 36.4 Å². The summed E-state index contributed by atoms with van der Waals surface area (Å²) in [6, 6.07) is 17.8. The fraction of sp³-hybridized carbons (Fsp3) is 0.192. The summed E-state index contributed by atoms with van der Waals surface area (Å²) in [6.45, 7) is 1.54. The van der Waals surface area contributed by atoms with Crippen LogP contribution >= 0.6 is 11.6 Å². The molecule has 1 aliphatic rings. The lowest BCUT2D eigenvalue weighted by Gasteiger charge is -2.23. The lowest BCUT2D eigenvalue weighted by Crippen LogP contribution is -2.23. The van der Waals surface area contributed by atoms with Gasteiger partial charge in [-0.15, -0.1) is 0 Å². The number of furan rings is 1. The lowest BCUT2D eigenvalue weighted by atomic mass is 10.1. The Morgan fingerprint density at radius 3 is 2.65 bits per heavy atom. The van der Waals surface area contributed by atoms with Crippen LogP contribution in [0, 0.1) is 0 Å². The predicted octanol–water partition coefficient (Wildman–Crippen LogP) is 5.80. The van der Waals surface area contributed by atoms with Gasteiger partial charge in [-0.2, -0.15) is 0 Å². The zero-order valence-electron chi connectivity index (χ0n) is 18.2. The number of halogens is 1. The highest BCUT2D eigenvalue weighted by atomic mass is 35.5. The number of rotatable bonds is 6. The van der Waals surface area contributed by atoms with Gasteiger partial charge in [0.05, 0.1) is 18.3 Å². The van der Waals surface area contributed by atoms with Crippen molar-refractivity contribution in [2.24, 2.45) is 0 Å². The molecule has 5 rings (SSSR count). The van der Waals surface area contributed by atoms with E-state index in [-0.39, 0.29) is 17.4 Å². The van der Waals surface area contributed by atoms with Gasteiger partial charge in [0.25, 0.3) is 0 Å². The van der Waals surface area contributed by atoms with Crippen LogP contribution in [-0.4, -0.2) is 37.6 Å². The average molecular weight is 476 g/mol. The first-order chi connectivity index (χ1) is 16.5. The van der Waals surface area contributed by atoms with Gasteiger partial charge in [-0.1, -0.05) is 17.7 Å². The average Bonchev–Trinajstić information content (AvgIpc) is 3.49. The van der Waals surface area contributed by atoms with Crippen LogP contribution in [0.2, 0.25) is 5.02 Å². The second-order valence-corrected chi connectivity index (χ2v) is 8.68. The van der Waals surface area contributed by atoms with E-state index in [1.54, 1.807) is 12.3 Å². The SMILES string of the molecule is O=C(O)c1ccc(-c2ccc(CN3CCCC3c3ccnc(-c4ccc(Cl)cc4)n3)o2)cc1O. The molecule has 172 valence electrons. The third-order valence-electron chi connectivity index (χ3n) is 6.02. The largest absolute Gasteiger partial charge is 0.507 e. The maximum atomic E-state index is 11.1. The molecule has 0 aliphatic carbocycles. The molecule has 3 heterocycles. The maximum absolute atomic E-state index is 11.1. The van der Waals surface area contributed by atoms with Gasteiger partial charge in [-0.25, -0.2) is 14.8 Å². The second kappa shape index (κ2) is 9.29. The molecule has 34 heavy (non-hydrogen) atoms. The number of benzene rings is 2. The van der Waals surface area contributed by atoms with E-state index >= 15 is 0 Å². The molecule has 1 saturated heterocycles. The van der Waals surface area contributed by atoms with Crippen molar-refractivity contribution in [2.75, 3.05) is 6.54 Å². The standard InChI is InChI=1S/C26H22ClN3O4/c27-18-6-3-16(4-7-18)25-28-12-11-21(29-25)22-2-1-13-30(22)15-19-8-10-24(34-19)17-5-9-20(26(32)33)23(31)14-17/h3-12,14,22,31H,1-2,13,15H2,(H,32,33). The summed E-state index contributed by atoms with van der Waals surface area (Å²) in [4.78, 5) is 22.7. The first kappa shape index (κ1) is 22.1. The molecule has 1 aliphatic heterocycles. The van der Waals surface area contributed by atoms with E-state index in [1.807, 2.05) is 42.5 Å². The fourth-order valence-corrected chi connectivity index (χ4v) is 4.46. The summed E-state index contributed by atoms with van der Waals surface area (Å²) < 4.78 is 6.03. The van der Waals surface area contributed by atoms with E-state index < -0.39 is 5.97 Å². The number of carboxylic acids is 1. The van der Waals surface area contributed by atoms with Gasteiger partial charge >= 0.3 is 5.97 Å². The molecule has 2 N–H and O–H groups in total. The molecule has 0 amide bonds. The number of likely N-dealkylation sites (tertiary alicyclic amines) is 1.